The number of allylic oxidation sites excluding steroid dienone is 4. The molecule has 0 radical (unpaired) electrons. The molecule has 0 saturated carbocycles. The van der Waals surface area contributed by atoms with Crippen LogP contribution in [0.2, 0.25) is 0 Å². The fraction of sp³-hybridized carbons (Fsp3) is 0.0667. The van der Waals surface area contributed by atoms with Gasteiger partial charge in [0.2, 0.25) is 0 Å². The molecule has 0 spiro atoms. The predicted octanol–water partition coefficient (Wildman–Crippen LogP) is 16.5. The lowest BCUT2D eigenvalue weighted by Crippen LogP contribution is -2.18. The third kappa shape index (κ3) is 6.26. The molecule has 1 aliphatic rings. The molecule has 2 heterocycles. The first-order chi connectivity index (χ1) is 30.5. The van der Waals surface area contributed by atoms with Crippen LogP contribution in [-0.2, 0) is 0 Å². The Bertz CT molecular complexity index is 3360. The fourth-order valence-electron chi connectivity index (χ4n) is 9.81. The molecule has 0 saturated heterocycles. The maximum Gasteiger partial charge on any atom is 0.0541 e. The minimum absolute atomic E-state index is 0.405. The Hall–Kier alpha value is -7.68. The van der Waals surface area contributed by atoms with Crippen molar-refractivity contribution in [3.63, 3.8) is 0 Å². The van der Waals surface area contributed by atoms with Crippen molar-refractivity contribution >= 4 is 60.3 Å². The standard InChI is InChI=1S/C60H46N2/c1-40(2)47-21-13-15-27-56(47)62-57-28-16-14-22-48(57)54-39-45(32-36-58(54)62)44-31-35-55-53(38-44)41(3)18-6-5-17-37-61(55)46-33-29-43(30-34-46)60-51-25-11-9-23-49(51)59(42-19-7-4-8-20-42)50-24-10-12-26-52(50)60/h4-36,38-40H,3,37H2,1-2H3/b17-5-,18-6-. The molecule has 2 heteroatoms. The van der Waals surface area contributed by atoms with Crippen molar-refractivity contribution in [1.82, 2.24) is 4.57 Å². The number of anilines is 2. The average Bonchev–Trinajstić information content (AvgIpc) is 3.68. The second-order valence-electron chi connectivity index (χ2n) is 16.7. The van der Waals surface area contributed by atoms with Crippen LogP contribution in [0.15, 0.2) is 219 Å². The van der Waals surface area contributed by atoms with Crippen LogP contribution >= 0.6 is 0 Å². The van der Waals surface area contributed by atoms with Gasteiger partial charge in [0.25, 0.3) is 0 Å². The molecule has 11 rings (SSSR count). The van der Waals surface area contributed by atoms with E-state index in [2.05, 4.69) is 242 Å². The molecule has 1 aliphatic heterocycles. The van der Waals surface area contributed by atoms with Crippen LogP contribution in [0, 0.1) is 0 Å². The Morgan fingerprint density at radius 1 is 0.452 bits per heavy atom. The average molecular weight is 795 g/mol. The van der Waals surface area contributed by atoms with E-state index >= 15 is 0 Å². The van der Waals surface area contributed by atoms with Gasteiger partial charge in [-0.15, -0.1) is 0 Å². The van der Waals surface area contributed by atoms with E-state index in [4.69, 9.17) is 0 Å². The van der Waals surface area contributed by atoms with Crippen molar-refractivity contribution in [3.8, 4) is 39.1 Å². The number of hydrogen-bond acceptors (Lipinski definition) is 1. The number of benzene rings is 9. The number of rotatable bonds is 6. The smallest absolute Gasteiger partial charge is 0.0541 e. The van der Waals surface area contributed by atoms with E-state index in [9.17, 15) is 0 Å². The summed E-state index contributed by atoms with van der Waals surface area (Å²) in [6.07, 6.45) is 8.60. The molecular weight excluding hydrogens is 749 g/mol. The topological polar surface area (TPSA) is 8.17 Å². The summed E-state index contributed by atoms with van der Waals surface area (Å²) < 4.78 is 2.45. The molecule has 0 unspecified atom stereocenters. The van der Waals surface area contributed by atoms with E-state index in [-0.39, 0.29) is 0 Å². The molecule has 10 aromatic rings. The molecular formula is C60H46N2. The summed E-state index contributed by atoms with van der Waals surface area (Å²) in [6, 6.07) is 69.2. The zero-order chi connectivity index (χ0) is 41.7. The van der Waals surface area contributed by atoms with Gasteiger partial charge in [-0.3, -0.25) is 0 Å². The highest BCUT2D eigenvalue weighted by atomic mass is 15.1. The minimum atomic E-state index is 0.405. The molecule has 296 valence electrons. The fourth-order valence-corrected chi connectivity index (χ4v) is 9.81. The zero-order valence-electron chi connectivity index (χ0n) is 35.1. The van der Waals surface area contributed by atoms with E-state index in [1.807, 2.05) is 0 Å². The summed E-state index contributed by atoms with van der Waals surface area (Å²) in [4.78, 5) is 2.41. The van der Waals surface area contributed by atoms with Crippen molar-refractivity contribution in [2.24, 2.45) is 0 Å². The summed E-state index contributed by atoms with van der Waals surface area (Å²) >= 11 is 0. The van der Waals surface area contributed by atoms with Crippen molar-refractivity contribution in [3.05, 3.63) is 230 Å². The summed E-state index contributed by atoms with van der Waals surface area (Å²) in [6.45, 7) is 9.88. The molecule has 0 aliphatic carbocycles. The maximum absolute atomic E-state index is 4.60. The van der Waals surface area contributed by atoms with Crippen LogP contribution in [0.1, 0.15) is 30.9 Å². The molecule has 1 aromatic heterocycles. The Kier molecular flexibility index (Phi) is 9.28. The third-order valence-corrected chi connectivity index (χ3v) is 12.7. The minimum Gasteiger partial charge on any atom is -0.337 e. The SMILES string of the molecule is C=C1/C=C\C=C/CN(c2ccc(-c3c4ccccc4c(-c4ccccc4)c4ccccc34)cc2)c2ccc(-c3ccc4c(c3)c3ccccc3n4-c3ccccc3C(C)C)cc21. The molecule has 9 aromatic carbocycles. The summed E-state index contributed by atoms with van der Waals surface area (Å²) in [5, 5.41) is 7.54. The van der Waals surface area contributed by atoms with Crippen molar-refractivity contribution in [2.45, 2.75) is 19.8 Å². The highest BCUT2D eigenvalue weighted by Crippen LogP contribution is 2.45. The first-order valence-corrected chi connectivity index (χ1v) is 21.7. The zero-order valence-corrected chi connectivity index (χ0v) is 35.1. The van der Waals surface area contributed by atoms with Crippen LogP contribution in [0.5, 0.6) is 0 Å². The van der Waals surface area contributed by atoms with Gasteiger partial charge in [-0.25, -0.2) is 0 Å². The van der Waals surface area contributed by atoms with Crippen LogP contribution < -0.4 is 4.90 Å². The normalized spacial score (nSPS) is 14.0. The van der Waals surface area contributed by atoms with Crippen LogP contribution in [0.25, 0.3) is 88.0 Å². The molecule has 0 amide bonds. The Morgan fingerprint density at radius 3 is 1.69 bits per heavy atom. The first-order valence-electron chi connectivity index (χ1n) is 21.7. The molecule has 0 atom stereocenters. The maximum atomic E-state index is 4.60. The first kappa shape index (κ1) is 37.3. The Balaban J connectivity index is 1.01. The molecule has 0 N–H and O–H groups in total. The highest BCUT2D eigenvalue weighted by Gasteiger charge is 2.21. The predicted molar refractivity (Wildman–Crippen MR) is 267 cm³/mol. The second kappa shape index (κ2) is 15.4. The van der Waals surface area contributed by atoms with E-state index in [1.165, 1.54) is 88.0 Å². The number of fused-ring (bicyclic) bond motifs is 6. The molecule has 0 bridgehead atoms. The Morgan fingerprint density at radius 2 is 1.00 bits per heavy atom. The quantitative estimate of drug-likeness (QED) is 0.152. The van der Waals surface area contributed by atoms with Gasteiger partial charge in [0.1, 0.15) is 0 Å². The van der Waals surface area contributed by atoms with Gasteiger partial charge in [-0.2, -0.15) is 0 Å². The summed E-state index contributed by atoms with van der Waals surface area (Å²) in [5.41, 5.74) is 16.7. The lowest BCUT2D eigenvalue weighted by molar-refractivity contribution is 0.854. The third-order valence-electron chi connectivity index (χ3n) is 12.7. The van der Waals surface area contributed by atoms with E-state index in [0.29, 0.717) is 5.92 Å². The number of nitrogens with zero attached hydrogens (tertiary/aromatic N) is 2. The van der Waals surface area contributed by atoms with Gasteiger partial charge in [-0.05, 0) is 121 Å². The number of hydrogen-bond donors (Lipinski definition) is 0. The largest absolute Gasteiger partial charge is 0.337 e. The summed E-state index contributed by atoms with van der Waals surface area (Å²) in [5.74, 6) is 0.405. The van der Waals surface area contributed by atoms with Crippen molar-refractivity contribution in [1.29, 1.82) is 0 Å². The molecule has 0 fully saturated rings. The molecule has 2 nitrogen and oxygen atoms in total. The lowest BCUT2D eigenvalue weighted by atomic mass is 9.86. The van der Waals surface area contributed by atoms with Gasteiger partial charge in [0.05, 0.1) is 11.0 Å². The number of para-hydroxylation sites is 2. The highest BCUT2D eigenvalue weighted by molar-refractivity contribution is 6.21. The number of aromatic nitrogens is 1. The Labute approximate surface area is 363 Å². The van der Waals surface area contributed by atoms with E-state index in [1.54, 1.807) is 0 Å². The monoisotopic (exact) mass is 794 g/mol. The molecule has 62 heavy (non-hydrogen) atoms. The van der Waals surface area contributed by atoms with Gasteiger partial charge in [-0.1, -0.05) is 184 Å². The summed E-state index contributed by atoms with van der Waals surface area (Å²) in [7, 11) is 0. The van der Waals surface area contributed by atoms with Crippen LogP contribution in [0.3, 0.4) is 0 Å². The van der Waals surface area contributed by atoms with Gasteiger partial charge in [0, 0.05) is 39.9 Å². The van der Waals surface area contributed by atoms with Gasteiger partial charge >= 0.3 is 0 Å². The van der Waals surface area contributed by atoms with Crippen LogP contribution in [-0.4, -0.2) is 11.1 Å². The lowest BCUT2D eigenvalue weighted by Gasteiger charge is -2.27. The van der Waals surface area contributed by atoms with Gasteiger partial charge < -0.3 is 9.47 Å². The van der Waals surface area contributed by atoms with E-state index < -0.39 is 0 Å². The van der Waals surface area contributed by atoms with Gasteiger partial charge in [0.15, 0.2) is 0 Å². The second-order valence-corrected chi connectivity index (χ2v) is 16.7. The van der Waals surface area contributed by atoms with Crippen molar-refractivity contribution < 1.29 is 0 Å². The van der Waals surface area contributed by atoms with Crippen molar-refractivity contribution in [2.75, 3.05) is 11.4 Å². The van der Waals surface area contributed by atoms with E-state index in [0.717, 1.165) is 29.1 Å². The van der Waals surface area contributed by atoms with Crippen LogP contribution in [0.4, 0.5) is 11.4 Å².